The summed E-state index contributed by atoms with van der Waals surface area (Å²) in [5, 5.41) is 9.56. The molecule has 0 atom stereocenters. The highest BCUT2D eigenvalue weighted by atomic mass is 16.5. The maximum atomic E-state index is 11.6. The van der Waals surface area contributed by atoms with Crippen LogP contribution in [-0.2, 0) is 11.3 Å². The highest BCUT2D eigenvalue weighted by Crippen LogP contribution is 2.08. The van der Waals surface area contributed by atoms with Crippen molar-refractivity contribution in [3.05, 3.63) is 47.8 Å². The number of amides is 1. The number of hydrogen-bond donors (Lipinski definition) is 2. The third-order valence-corrected chi connectivity index (χ3v) is 2.75. The van der Waals surface area contributed by atoms with Crippen molar-refractivity contribution >= 4 is 5.91 Å². The number of aryl methyl sites for hydroxylation is 1. The number of benzene rings is 1. The largest absolute Gasteiger partial charge is 0.493 e. The van der Waals surface area contributed by atoms with Crippen LogP contribution in [0.15, 0.2) is 36.5 Å². The van der Waals surface area contributed by atoms with E-state index in [0.29, 0.717) is 19.6 Å². The Kier molecular flexibility index (Phi) is 4.55. The van der Waals surface area contributed by atoms with E-state index in [1.807, 2.05) is 37.3 Å². The number of nitrogens with zero attached hydrogens (tertiary/aromatic N) is 1. The Hall–Kier alpha value is -2.30. The molecule has 2 N–H and O–H groups in total. The lowest BCUT2D eigenvalue weighted by atomic mass is 10.2. The molecule has 0 spiro atoms. The van der Waals surface area contributed by atoms with Gasteiger partial charge < -0.3 is 10.1 Å². The smallest absolute Gasteiger partial charge is 0.223 e. The molecule has 19 heavy (non-hydrogen) atoms. The molecule has 0 aliphatic rings. The molecule has 1 heterocycles. The van der Waals surface area contributed by atoms with Crippen molar-refractivity contribution in [1.29, 1.82) is 0 Å². The summed E-state index contributed by atoms with van der Waals surface area (Å²) in [4.78, 5) is 11.6. The normalized spacial score (nSPS) is 10.2. The van der Waals surface area contributed by atoms with Crippen LogP contribution in [0, 0.1) is 6.92 Å². The Morgan fingerprint density at radius 2 is 2.16 bits per heavy atom. The molecule has 0 saturated carbocycles. The first-order chi connectivity index (χ1) is 9.25. The maximum Gasteiger partial charge on any atom is 0.223 e. The molecule has 2 rings (SSSR count). The summed E-state index contributed by atoms with van der Waals surface area (Å²) in [6, 6.07) is 9.46. The van der Waals surface area contributed by atoms with Crippen molar-refractivity contribution in [3.8, 4) is 5.75 Å². The Bertz CT molecular complexity index is 522. The molecule has 0 aliphatic heterocycles. The van der Waals surface area contributed by atoms with Crippen LogP contribution in [-0.4, -0.2) is 22.7 Å². The molecule has 5 nitrogen and oxygen atoms in total. The maximum absolute atomic E-state index is 11.6. The van der Waals surface area contributed by atoms with Crippen LogP contribution in [0.4, 0.5) is 0 Å². The summed E-state index contributed by atoms with van der Waals surface area (Å²) >= 11 is 0. The number of aromatic nitrogens is 2. The third kappa shape index (κ3) is 4.13. The fourth-order valence-corrected chi connectivity index (χ4v) is 1.61. The van der Waals surface area contributed by atoms with Crippen molar-refractivity contribution in [2.45, 2.75) is 19.9 Å². The second-order valence-corrected chi connectivity index (χ2v) is 4.21. The quantitative estimate of drug-likeness (QED) is 0.831. The van der Waals surface area contributed by atoms with Crippen molar-refractivity contribution in [3.63, 3.8) is 0 Å². The molecule has 0 saturated heterocycles. The van der Waals surface area contributed by atoms with Crippen LogP contribution >= 0.6 is 0 Å². The third-order valence-electron chi connectivity index (χ3n) is 2.75. The van der Waals surface area contributed by atoms with E-state index in [1.54, 1.807) is 6.20 Å². The van der Waals surface area contributed by atoms with Crippen LogP contribution in [0.5, 0.6) is 5.75 Å². The average molecular weight is 259 g/mol. The lowest BCUT2D eigenvalue weighted by Gasteiger charge is -2.06. The Morgan fingerprint density at radius 1 is 1.37 bits per heavy atom. The topological polar surface area (TPSA) is 67.0 Å². The van der Waals surface area contributed by atoms with E-state index in [0.717, 1.165) is 17.0 Å². The SMILES string of the molecule is Cc1[nH]ncc1CNC(=O)CCOc1ccccc1. The zero-order valence-corrected chi connectivity index (χ0v) is 10.8. The number of ether oxygens (including phenoxy) is 1. The molecule has 0 bridgehead atoms. The average Bonchev–Trinajstić information content (AvgIpc) is 2.83. The lowest BCUT2D eigenvalue weighted by Crippen LogP contribution is -2.24. The summed E-state index contributed by atoms with van der Waals surface area (Å²) in [6.45, 7) is 2.79. The standard InChI is InChI=1S/C14H17N3O2/c1-11-12(10-16-17-11)9-15-14(18)7-8-19-13-5-3-2-4-6-13/h2-6,10H,7-9H2,1H3,(H,15,18)(H,16,17). The van der Waals surface area contributed by atoms with Gasteiger partial charge in [0.25, 0.3) is 0 Å². The molecular weight excluding hydrogens is 242 g/mol. The van der Waals surface area contributed by atoms with Crippen LogP contribution in [0.1, 0.15) is 17.7 Å². The van der Waals surface area contributed by atoms with Gasteiger partial charge in [0.2, 0.25) is 5.91 Å². The molecule has 1 amide bonds. The predicted molar refractivity (Wildman–Crippen MR) is 71.7 cm³/mol. The molecule has 0 unspecified atom stereocenters. The van der Waals surface area contributed by atoms with Crippen LogP contribution in [0.25, 0.3) is 0 Å². The summed E-state index contributed by atoms with van der Waals surface area (Å²) in [5.74, 6) is 0.748. The number of rotatable bonds is 6. The van der Waals surface area contributed by atoms with Crippen LogP contribution in [0.2, 0.25) is 0 Å². The van der Waals surface area contributed by atoms with Gasteiger partial charge in [-0.3, -0.25) is 9.89 Å². The predicted octanol–water partition coefficient (Wildman–Crippen LogP) is 1.80. The number of H-pyrrole nitrogens is 1. The molecular formula is C14H17N3O2. The highest BCUT2D eigenvalue weighted by molar-refractivity contribution is 5.76. The van der Waals surface area contributed by atoms with Gasteiger partial charge in [0.15, 0.2) is 0 Å². The second kappa shape index (κ2) is 6.58. The van der Waals surface area contributed by atoms with Gasteiger partial charge in [-0.25, -0.2) is 0 Å². The lowest BCUT2D eigenvalue weighted by molar-refractivity contribution is -0.121. The first kappa shape index (κ1) is 13.1. The van der Waals surface area contributed by atoms with E-state index >= 15 is 0 Å². The first-order valence-corrected chi connectivity index (χ1v) is 6.19. The Morgan fingerprint density at radius 3 is 2.84 bits per heavy atom. The Labute approximate surface area is 112 Å². The van der Waals surface area contributed by atoms with E-state index < -0.39 is 0 Å². The minimum Gasteiger partial charge on any atom is -0.493 e. The van der Waals surface area contributed by atoms with Gasteiger partial charge in [-0.05, 0) is 19.1 Å². The van der Waals surface area contributed by atoms with Gasteiger partial charge in [0.05, 0.1) is 19.2 Å². The summed E-state index contributed by atoms with van der Waals surface area (Å²) in [7, 11) is 0. The molecule has 0 fully saturated rings. The molecule has 0 radical (unpaired) electrons. The van der Waals surface area contributed by atoms with Gasteiger partial charge in [-0.2, -0.15) is 5.10 Å². The van der Waals surface area contributed by atoms with Gasteiger partial charge >= 0.3 is 0 Å². The monoisotopic (exact) mass is 259 g/mol. The minimum atomic E-state index is -0.0310. The molecule has 1 aromatic carbocycles. The number of nitrogens with one attached hydrogen (secondary N) is 2. The van der Waals surface area contributed by atoms with E-state index in [-0.39, 0.29) is 5.91 Å². The zero-order chi connectivity index (χ0) is 13.5. The van der Waals surface area contributed by atoms with Crippen molar-refractivity contribution in [1.82, 2.24) is 15.5 Å². The van der Waals surface area contributed by atoms with Crippen molar-refractivity contribution < 1.29 is 9.53 Å². The fourth-order valence-electron chi connectivity index (χ4n) is 1.61. The number of carbonyl (C=O) groups excluding carboxylic acids is 1. The molecule has 100 valence electrons. The number of hydrogen-bond acceptors (Lipinski definition) is 3. The summed E-state index contributed by atoms with van der Waals surface area (Å²) < 4.78 is 5.46. The highest BCUT2D eigenvalue weighted by Gasteiger charge is 2.04. The minimum absolute atomic E-state index is 0.0310. The number of aromatic amines is 1. The molecule has 0 aliphatic carbocycles. The fraction of sp³-hybridized carbons (Fsp3) is 0.286. The van der Waals surface area contributed by atoms with E-state index in [4.69, 9.17) is 4.74 Å². The van der Waals surface area contributed by atoms with Gasteiger partial charge in [0.1, 0.15) is 5.75 Å². The zero-order valence-electron chi connectivity index (χ0n) is 10.8. The molecule has 5 heteroatoms. The summed E-state index contributed by atoms with van der Waals surface area (Å²) in [5.41, 5.74) is 1.97. The van der Waals surface area contributed by atoms with Gasteiger partial charge in [-0.15, -0.1) is 0 Å². The van der Waals surface area contributed by atoms with E-state index in [9.17, 15) is 4.79 Å². The number of para-hydroxylation sites is 1. The number of carbonyl (C=O) groups is 1. The van der Waals surface area contributed by atoms with E-state index in [2.05, 4.69) is 15.5 Å². The van der Waals surface area contributed by atoms with Crippen molar-refractivity contribution in [2.75, 3.05) is 6.61 Å². The Balaban J connectivity index is 1.66. The van der Waals surface area contributed by atoms with Gasteiger partial charge in [0, 0.05) is 17.8 Å². The summed E-state index contributed by atoms with van der Waals surface area (Å²) in [6.07, 6.45) is 2.06. The van der Waals surface area contributed by atoms with E-state index in [1.165, 1.54) is 0 Å². The molecule has 1 aromatic heterocycles. The van der Waals surface area contributed by atoms with Gasteiger partial charge in [-0.1, -0.05) is 18.2 Å². The van der Waals surface area contributed by atoms with Crippen LogP contribution in [0.3, 0.4) is 0 Å². The second-order valence-electron chi connectivity index (χ2n) is 4.21. The van der Waals surface area contributed by atoms with Crippen LogP contribution < -0.4 is 10.1 Å². The first-order valence-electron chi connectivity index (χ1n) is 6.19. The molecule has 2 aromatic rings. The van der Waals surface area contributed by atoms with Crippen molar-refractivity contribution in [2.24, 2.45) is 0 Å².